The van der Waals surface area contributed by atoms with Crippen molar-refractivity contribution in [2.45, 2.75) is 12.3 Å². The minimum atomic E-state index is 0.681. The molecule has 0 radical (unpaired) electrons. The predicted octanol–water partition coefficient (Wildman–Crippen LogP) is 4.49. The fraction of sp³-hybridized carbons (Fsp3) is 0.182. The van der Waals surface area contributed by atoms with Crippen LogP contribution in [0.5, 0.6) is 0 Å². The third kappa shape index (κ3) is 2.34. The highest BCUT2D eigenvalue weighted by atomic mass is 79.9. The third-order valence-corrected chi connectivity index (χ3v) is 3.75. The highest BCUT2D eigenvalue weighted by molar-refractivity contribution is 9.10. The van der Waals surface area contributed by atoms with Crippen molar-refractivity contribution in [3.8, 4) is 5.69 Å². The van der Waals surface area contributed by atoms with E-state index in [1.807, 2.05) is 25.3 Å². The minimum Gasteiger partial charge on any atom is -0.239 e. The van der Waals surface area contributed by atoms with E-state index in [0.29, 0.717) is 5.02 Å². The van der Waals surface area contributed by atoms with Gasteiger partial charge in [0, 0.05) is 16.0 Å². The quantitative estimate of drug-likeness (QED) is 0.718. The Morgan fingerprint density at radius 3 is 2.75 bits per heavy atom. The molecule has 0 saturated heterocycles. The molecule has 0 amide bonds. The summed E-state index contributed by atoms with van der Waals surface area (Å²) in [7, 11) is 0. The molecule has 1 aromatic carbocycles. The summed E-state index contributed by atoms with van der Waals surface area (Å²) in [6, 6.07) is 6.09. The largest absolute Gasteiger partial charge is 0.239 e. The first-order valence-corrected chi connectivity index (χ1v) is 6.97. The van der Waals surface area contributed by atoms with Crippen LogP contribution in [0, 0.1) is 6.92 Å². The van der Waals surface area contributed by atoms with Crippen molar-refractivity contribution in [3.05, 3.63) is 45.1 Å². The topological polar surface area (TPSA) is 17.8 Å². The number of halogens is 3. The second-order valence-electron chi connectivity index (χ2n) is 3.41. The molecular weight excluding hydrogens is 355 g/mol. The molecule has 2 nitrogen and oxygen atoms in total. The Morgan fingerprint density at radius 2 is 2.19 bits per heavy atom. The van der Waals surface area contributed by atoms with Crippen molar-refractivity contribution in [1.82, 2.24) is 9.78 Å². The van der Waals surface area contributed by atoms with E-state index in [1.165, 1.54) is 5.56 Å². The number of rotatable bonds is 2. The maximum atomic E-state index is 6.01. The van der Waals surface area contributed by atoms with Gasteiger partial charge in [0.05, 0.1) is 16.4 Å². The second kappa shape index (κ2) is 4.90. The molecule has 16 heavy (non-hydrogen) atoms. The fourth-order valence-corrected chi connectivity index (χ4v) is 2.38. The lowest BCUT2D eigenvalue weighted by atomic mass is 10.2. The molecule has 0 atom stereocenters. The van der Waals surface area contributed by atoms with E-state index in [1.54, 1.807) is 4.68 Å². The van der Waals surface area contributed by atoms with Crippen LogP contribution in [0.15, 0.2) is 28.9 Å². The van der Waals surface area contributed by atoms with Crippen LogP contribution in [-0.4, -0.2) is 9.78 Å². The van der Waals surface area contributed by atoms with Gasteiger partial charge in [-0.15, -0.1) is 0 Å². The van der Waals surface area contributed by atoms with E-state index in [-0.39, 0.29) is 0 Å². The third-order valence-electron chi connectivity index (χ3n) is 2.28. The van der Waals surface area contributed by atoms with E-state index in [4.69, 9.17) is 11.6 Å². The molecule has 84 valence electrons. The van der Waals surface area contributed by atoms with Crippen LogP contribution < -0.4 is 0 Å². The Bertz CT molecular complexity index is 503. The molecule has 0 aliphatic carbocycles. The zero-order chi connectivity index (χ0) is 11.7. The van der Waals surface area contributed by atoms with E-state index in [2.05, 4.69) is 43.0 Å². The molecule has 0 aliphatic rings. The molecule has 5 heteroatoms. The monoisotopic (exact) mass is 362 g/mol. The lowest BCUT2D eigenvalue weighted by Gasteiger charge is -2.07. The first kappa shape index (κ1) is 12.1. The molecule has 1 heterocycles. The number of aromatic nitrogens is 2. The van der Waals surface area contributed by atoms with Gasteiger partial charge in [-0.05, 0) is 24.6 Å². The summed E-state index contributed by atoms with van der Waals surface area (Å²) in [5.41, 5.74) is 3.03. The van der Waals surface area contributed by atoms with Gasteiger partial charge in [-0.25, -0.2) is 4.68 Å². The molecule has 0 saturated carbocycles. The molecular formula is C11H9Br2ClN2. The van der Waals surface area contributed by atoms with Gasteiger partial charge in [-0.2, -0.15) is 5.10 Å². The maximum Gasteiger partial charge on any atom is 0.0819 e. The zero-order valence-electron chi connectivity index (χ0n) is 8.54. The summed E-state index contributed by atoms with van der Waals surface area (Å²) < 4.78 is 2.83. The predicted molar refractivity (Wildman–Crippen MR) is 73.6 cm³/mol. The van der Waals surface area contributed by atoms with Crippen LogP contribution in [0.1, 0.15) is 11.3 Å². The average molecular weight is 364 g/mol. The van der Waals surface area contributed by atoms with Crippen LogP contribution in [0.25, 0.3) is 5.69 Å². The summed E-state index contributed by atoms with van der Waals surface area (Å²) in [6.07, 6.45) is 1.82. The van der Waals surface area contributed by atoms with E-state index in [0.717, 1.165) is 21.2 Å². The number of aryl methyl sites for hydroxylation is 1. The molecule has 0 spiro atoms. The highest BCUT2D eigenvalue weighted by Crippen LogP contribution is 2.24. The van der Waals surface area contributed by atoms with Crippen LogP contribution in [0.3, 0.4) is 0 Å². The molecule has 0 N–H and O–H groups in total. The smallest absolute Gasteiger partial charge is 0.0819 e. The van der Waals surface area contributed by atoms with Gasteiger partial charge < -0.3 is 0 Å². The number of hydrogen-bond acceptors (Lipinski definition) is 1. The first-order chi connectivity index (χ1) is 7.61. The standard InChI is InChI=1S/C11H9Br2ClN2/c1-7-10(14)6-16(15-7)11-4-9(13)3-2-8(11)5-12/h2-4,6H,5H2,1H3. The van der Waals surface area contributed by atoms with Crippen LogP contribution in [0.4, 0.5) is 0 Å². The molecule has 1 aromatic heterocycles. The molecule has 0 unspecified atom stereocenters. The summed E-state index contributed by atoms with van der Waals surface area (Å²) in [5, 5.41) is 5.84. The van der Waals surface area contributed by atoms with Gasteiger partial charge >= 0.3 is 0 Å². The lowest BCUT2D eigenvalue weighted by Crippen LogP contribution is -1.99. The van der Waals surface area contributed by atoms with E-state index >= 15 is 0 Å². The van der Waals surface area contributed by atoms with E-state index in [9.17, 15) is 0 Å². The van der Waals surface area contributed by atoms with Gasteiger partial charge in [0.15, 0.2) is 0 Å². The van der Waals surface area contributed by atoms with E-state index < -0.39 is 0 Å². The Kier molecular flexibility index (Phi) is 3.72. The number of hydrogen-bond donors (Lipinski definition) is 0. The van der Waals surface area contributed by atoms with Crippen molar-refractivity contribution in [2.75, 3.05) is 0 Å². The highest BCUT2D eigenvalue weighted by Gasteiger charge is 2.08. The summed E-state index contributed by atoms with van der Waals surface area (Å²) in [5.74, 6) is 0. The summed E-state index contributed by atoms with van der Waals surface area (Å²) in [6.45, 7) is 1.89. The Balaban J connectivity index is 2.57. The van der Waals surface area contributed by atoms with Crippen molar-refractivity contribution < 1.29 is 0 Å². The van der Waals surface area contributed by atoms with Crippen molar-refractivity contribution in [1.29, 1.82) is 0 Å². The molecule has 2 aromatic rings. The lowest BCUT2D eigenvalue weighted by molar-refractivity contribution is 0.854. The summed E-state index contributed by atoms with van der Waals surface area (Å²) in [4.78, 5) is 0. The second-order valence-corrected chi connectivity index (χ2v) is 5.30. The van der Waals surface area contributed by atoms with Crippen molar-refractivity contribution in [3.63, 3.8) is 0 Å². The fourth-order valence-electron chi connectivity index (χ4n) is 1.43. The van der Waals surface area contributed by atoms with Gasteiger partial charge in [-0.3, -0.25) is 0 Å². The summed E-state index contributed by atoms with van der Waals surface area (Å²) >= 11 is 12.9. The number of benzene rings is 1. The average Bonchev–Trinajstić information content (AvgIpc) is 2.59. The van der Waals surface area contributed by atoms with Gasteiger partial charge in [0.25, 0.3) is 0 Å². The Hall–Kier alpha value is -0.320. The molecule has 0 aliphatic heterocycles. The normalized spacial score (nSPS) is 10.8. The number of nitrogens with zero attached hydrogens (tertiary/aromatic N) is 2. The van der Waals surface area contributed by atoms with Gasteiger partial charge in [0.2, 0.25) is 0 Å². The van der Waals surface area contributed by atoms with Crippen LogP contribution in [-0.2, 0) is 5.33 Å². The van der Waals surface area contributed by atoms with Gasteiger partial charge in [0.1, 0.15) is 0 Å². The zero-order valence-corrected chi connectivity index (χ0v) is 12.5. The minimum absolute atomic E-state index is 0.681. The van der Waals surface area contributed by atoms with Crippen molar-refractivity contribution >= 4 is 43.5 Å². The van der Waals surface area contributed by atoms with Crippen LogP contribution in [0.2, 0.25) is 5.02 Å². The number of alkyl halides is 1. The van der Waals surface area contributed by atoms with Crippen LogP contribution >= 0.6 is 43.5 Å². The molecule has 0 fully saturated rings. The molecule has 0 bridgehead atoms. The molecule has 2 rings (SSSR count). The maximum absolute atomic E-state index is 6.01. The first-order valence-electron chi connectivity index (χ1n) is 4.68. The Labute approximate surface area is 116 Å². The SMILES string of the molecule is Cc1nn(-c2cc(Br)ccc2CBr)cc1Cl. The van der Waals surface area contributed by atoms with Gasteiger partial charge in [-0.1, -0.05) is 49.5 Å². The Morgan fingerprint density at radius 1 is 1.44 bits per heavy atom. The van der Waals surface area contributed by atoms with Crippen molar-refractivity contribution in [2.24, 2.45) is 0 Å².